The minimum absolute atomic E-state index is 0.0715. The molecule has 37 heavy (non-hydrogen) atoms. The Morgan fingerprint density at radius 3 is 2.70 bits per heavy atom. The third kappa shape index (κ3) is 5.03. The predicted molar refractivity (Wildman–Crippen MR) is 142 cm³/mol. The second-order valence-corrected chi connectivity index (χ2v) is 9.85. The maximum atomic E-state index is 13.3. The number of piperazine rings is 1. The van der Waals surface area contributed by atoms with Crippen LogP contribution in [-0.2, 0) is 4.74 Å². The average Bonchev–Trinajstić information content (AvgIpc) is 3.65. The Labute approximate surface area is 218 Å². The van der Waals surface area contributed by atoms with Crippen molar-refractivity contribution >= 4 is 39.3 Å². The quantitative estimate of drug-likeness (QED) is 0.219. The van der Waals surface area contributed by atoms with Gasteiger partial charge in [-0.25, -0.2) is 4.98 Å². The van der Waals surface area contributed by atoms with Gasteiger partial charge in [-0.3, -0.25) is 9.69 Å². The van der Waals surface area contributed by atoms with Crippen LogP contribution in [0.3, 0.4) is 0 Å². The molecule has 2 aromatic heterocycles. The molecule has 1 atom stereocenters. The van der Waals surface area contributed by atoms with Gasteiger partial charge in [0.1, 0.15) is 0 Å². The molecule has 0 saturated carbocycles. The number of aliphatic hydroxyl groups is 1. The highest BCUT2D eigenvalue weighted by molar-refractivity contribution is 6.35. The van der Waals surface area contributed by atoms with Crippen LogP contribution >= 0.6 is 11.6 Å². The molecule has 0 bridgehead atoms. The van der Waals surface area contributed by atoms with Crippen LogP contribution in [0.2, 0.25) is 5.02 Å². The number of nitrogens with two attached hydrogens (primary N) is 1. The van der Waals surface area contributed by atoms with Crippen molar-refractivity contribution in [1.82, 2.24) is 24.7 Å². The number of ether oxygens (including phenoxy) is 1. The summed E-state index contributed by atoms with van der Waals surface area (Å²) in [6.07, 6.45) is 4.89. The second-order valence-electron chi connectivity index (χ2n) is 9.45. The third-order valence-electron chi connectivity index (χ3n) is 6.92. The highest BCUT2D eigenvalue weighted by Crippen LogP contribution is 2.30. The predicted octanol–water partition coefficient (Wildman–Crippen LogP) is 3.39. The molecule has 1 amide bonds. The van der Waals surface area contributed by atoms with Crippen molar-refractivity contribution in [2.24, 2.45) is 0 Å². The van der Waals surface area contributed by atoms with Crippen LogP contribution in [0.1, 0.15) is 23.2 Å². The number of pyridine rings is 1. The molecular formula is C27H27ClN6O3. The van der Waals surface area contributed by atoms with E-state index >= 15 is 0 Å². The van der Waals surface area contributed by atoms with Crippen LogP contribution in [0, 0.1) is 0 Å². The molecular weight excluding hydrogens is 492 g/mol. The molecule has 2 aliphatic rings. The number of nitrogens with zero attached hydrogens (tertiary/aromatic N) is 5. The molecule has 1 saturated heterocycles. The third-order valence-corrected chi connectivity index (χ3v) is 7.23. The fourth-order valence-corrected chi connectivity index (χ4v) is 4.94. The molecule has 2 aromatic carbocycles. The van der Waals surface area contributed by atoms with Crippen LogP contribution in [0.15, 0.2) is 60.3 Å². The summed E-state index contributed by atoms with van der Waals surface area (Å²) in [6.45, 7) is 2.60. The molecule has 10 heteroatoms. The Kier molecular flexibility index (Phi) is 6.29. The van der Waals surface area contributed by atoms with Gasteiger partial charge in [-0.2, -0.15) is 9.89 Å². The van der Waals surface area contributed by atoms with Crippen molar-refractivity contribution in [3.05, 3.63) is 70.9 Å². The number of nitrogen functional groups attached to an aromatic ring is 1. The smallest absolute Gasteiger partial charge is 0.254 e. The van der Waals surface area contributed by atoms with E-state index < -0.39 is 6.41 Å². The molecule has 9 nitrogen and oxygen atoms in total. The monoisotopic (exact) mass is 518 g/mol. The van der Waals surface area contributed by atoms with Crippen molar-refractivity contribution in [2.45, 2.75) is 19.3 Å². The van der Waals surface area contributed by atoms with Crippen molar-refractivity contribution in [2.75, 3.05) is 38.6 Å². The van der Waals surface area contributed by atoms with E-state index in [1.54, 1.807) is 23.2 Å². The molecule has 0 radical (unpaired) electrons. The zero-order valence-electron chi connectivity index (χ0n) is 20.2. The first-order valence-corrected chi connectivity index (χ1v) is 12.7. The topological polar surface area (TPSA) is 110 Å². The number of hydrogen-bond acceptors (Lipinski definition) is 7. The summed E-state index contributed by atoms with van der Waals surface area (Å²) in [4.78, 5) is 23.0. The van der Waals surface area contributed by atoms with Crippen LogP contribution in [0.25, 0.3) is 33.1 Å². The minimum atomic E-state index is -0.944. The maximum absolute atomic E-state index is 13.3. The number of aromatic nitrogens is 3. The number of hydrogen-bond donors (Lipinski definition) is 2. The van der Waals surface area contributed by atoms with Gasteiger partial charge in [-0.05, 0) is 43.2 Å². The Morgan fingerprint density at radius 1 is 1.11 bits per heavy atom. The summed E-state index contributed by atoms with van der Waals surface area (Å²) < 4.78 is 5.55. The van der Waals surface area contributed by atoms with Gasteiger partial charge in [0.25, 0.3) is 5.91 Å². The van der Waals surface area contributed by atoms with E-state index in [9.17, 15) is 9.90 Å². The van der Waals surface area contributed by atoms with Gasteiger partial charge in [0.15, 0.2) is 0 Å². The number of carbonyl (C=O) groups excluding carboxylic acids is 1. The Bertz CT molecular complexity index is 1530. The van der Waals surface area contributed by atoms with E-state index in [1.807, 2.05) is 35.2 Å². The van der Waals surface area contributed by atoms with E-state index in [0.717, 1.165) is 34.7 Å². The molecule has 190 valence electrons. The van der Waals surface area contributed by atoms with Gasteiger partial charge in [0, 0.05) is 48.1 Å². The molecule has 0 spiro atoms. The van der Waals surface area contributed by atoms with Gasteiger partial charge in [-0.15, -0.1) is 0 Å². The number of carbonyl (C=O) groups is 1. The van der Waals surface area contributed by atoms with Gasteiger partial charge in [-0.1, -0.05) is 35.4 Å². The van der Waals surface area contributed by atoms with Gasteiger partial charge in [0.2, 0.25) is 6.41 Å². The number of rotatable bonds is 7. The first-order valence-electron chi connectivity index (χ1n) is 12.3. The summed E-state index contributed by atoms with van der Waals surface area (Å²) in [6, 6.07) is 13.0. The van der Waals surface area contributed by atoms with E-state index in [1.165, 1.54) is 10.4 Å². The lowest BCUT2D eigenvalue weighted by molar-refractivity contribution is -0.198. The van der Waals surface area contributed by atoms with Crippen molar-refractivity contribution in [3.8, 4) is 11.3 Å². The first kappa shape index (κ1) is 23.9. The van der Waals surface area contributed by atoms with E-state index in [0.29, 0.717) is 54.6 Å². The summed E-state index contributed by atoms with van der Waals surface area (Å²) in [7, 11) is 0. The lowest BCUT2D eigenvalue weighted by atomic mass is 10.1. The van der Waals surface area contributed by atoms with Gasteiger partial charge in [0.05, 0.1) is 34.6 Å². The fraction of sp³-hybridized carbons (Fsp3) is 0.296. The normalized spacial score (nSPS) is 16.8. The highest BCUT2D eigenvalue weighted by atomic mass is 35.5. The van der Waals surface area contributed by atoms with E-state index in [-0.39, 0.29) is 5.91 Å². The summed E-state index contributed by atoms with van der Waals surface area (Å²) in [5.41, 5.74) is 4.96. The van der Waals surface area contributed by atoms with E-state index in [2.05, 4.69) is 11.2 Å². The molecule has 1 aliphatic carbocycles. The standard InChI is InChI=1S/C27H27ClN6O3/c28-22-15-24(18-4-6-23-20(13-18)16-34(29)31-23)30-25-14-19(3-5-21(22)25)26(35)32-8-10-33(11-9-32)27(36)37-12-7-17-1-2-17/h1,3-6,13-16,27,36H,2,7-12,29H2. The Balaban J connectivity index is 1.17. The fourth-order valence-electron chi connectivity index (χ4n) is 4.68. The number of amides is 1. The molecule has 1 unspecified atom stereocenters. The van der Waals surface area contributed by atoms with Crippen LogP contribution in [-0.4, -0.2) is 74.9 Å². The minimum Gasteiger partial charge on any atom is -0.356 e. The Hall–Kier alpha value is -3.50. The molecule has 4 aromatic rings. The number of fused-ring (bicyclic) bond motifs is 2. The largest absolute Gasteiger partial charge is 0.356 e. The SMILES string of the molecule is Nn1cc2cc(-c3cc(Cl)c4ccc(C(=O)N5CCN(C(O)OCCC6=CC6)CC5)cc4n3)ccc2n1. The maximum Gasteiger partial charge on any atom is 0.254 e. The summed E-state index contributed by atoms with van der Waals surface area (Å²) in [5.74, 6) is 5.68. The lowest BCUT2D eigenvalue weighted by Crippen LogP contribution is -2.52. The van der Waals surface area contributed by atoms with Crippen LogP contribution < -0.4 is 5.84 Å². The zero-order valence-corrected chi connectivity index (χ0v) is 20.9. The summed E-state index contributed by atoms with van der Waals surface area (Å²) >= 11 is 6.60. The second kappa shape index (κ2) is 9.75. The van der Waals surface area contributed by atoms with Crippen molar-refractivity contribution < 1.29 is 14.6 Å². The average molecular weight is 519 g/mol. The summed E-state index contributed by atoms with van der Waals surface area (Å²) in [5, 5.41) is 16.8. The van der Waals surface area contributed by atoms with Crippen LogP contribution in [0.5, 0.6) is 0 Å². The highest BCUT2D eigenvalue weighted by Gasteiger charge is 2.26. The molecule has 3 heterocycles. The Morgan fingerprint density at radius 2 is 1.92 bits per heavy atom. The molecule has 1 fully saturated rings. The van der Waals surface area contributed by atoms with E-state index in [4.69, 9.17) is 27.2 Å². The number of aliphatic hydroxyl groups excluding tert-OH is 1. The van der Waals surface area contributed by atoms with Crippen LogP contribution in [0.4, 0.5) is 0 Å². The first-order chi connectivity index (χ1) is 17.9. The molecule has 6 rings (SSSR count). The van der Waals surface area contributed by atoms with Gasteiger partial charge < -0.3 is 20.6 Å². The molecule has 3 N–H and O–H groups in total. The molecule has 1 aliphatic heterocycles. The van der Waals surface area contributed by atoms with Crippen molar-refractivity contribution in [1.29, 1.82) is 0 Å². The lowest BCUT2D eigenvalue weighted by Gasteiger charge is -2.36. The number of allylic oxidation sites excluding steroid dienone is 1. The number of benzene rings is 2. The van der Waals surface area contributed by atoms with Gasteiger partial charge >= 0.3 is 0 Å². The zero-order chi connectivity index (χ0) is 25.5. The number of halogens is 1. The van der Waals surface area contributed by atoms with Crippen molar-refractivity contribution in [3.63, 3.8) is 0 Å².